The first-order chi connectivity index (χ1) is 23.5. The number of nitrogens with one attached hydrogen (secondary N) is 1. The van der Waals surface area contributed by atoms with Gasteiger partial charge >= 0.3 is 11.9 Å². The van der Waals surface area contributed by atoms with Crippen LogP contribution in [0.2, 0.25) is 0 Å². The number of carbonyl (C=O) groups is 2. The minimum Gasteiger partial charge on any atom is -0.462 e. The number of rotatable bonds is 38. The largest absolute Gasteiger partial charge is 0.462 e. The monoisotopic (exact) mass is 681 g/mol. The predicted molar refractivity (Wildman–Crippen MR) is 204 cm³/mol. The Hall–Kier alpha value is -1.83. The molecule has 0 aliphatic rings. The molecule has 1 atom stereocenters. The molecular weight excluding hydrogens is 600 g/mol. The van der Waals surface area contributed by atoms with E-state index in [1.807, 2.05) is 0 Å². The lowest BCUT2D eigenvalue weighted by atomic mass is 10.0. The quantitative estimate of drug-likeness (QED) is 0.0256. The molecule has 0 rings (SSSR count). The van der Waals surface area contributed by atoms with Gasteiger partial charge in [-0.1, -0.05) is 168 Å². The fraction of sp³-hybridized carbons (Fsp3) is 0.925. The summed E-state index contributed by atoms with van der Waals surface area (Å²) in [5, 5.41) is 3.34. The molecule has 0 fully saturated rings. The van der Waals surface area contributed by atoms with E-state index in [2.05, 4.69) is 24.2 Å². The lowest BCUT2D eigenvalue weighted by Crippen LogP contribution is -2.35. The SMILES string of the molecule is CCCCCCCCCCCCCCCC(=O)OCC(CNCCCCN=C(N)N)OC(=O)CCCCCCCCCCCCCCC. The Balaban J connectivity index is 4.12. The van der Waals surface area contributed by atoms with Crippen LogP contribution in [-0.4, -0.2) is 50.2 Å². The highest BCUT2D eigenvalue weighted by atomic mass is 16.6. The Bertz CT molecular complexity index is 730. The summed E-state index contributed by atoms with van der Waals surface area (Å²) in [6.45, 7) is 6.43. The highest BCUT2D eigenvalue weighted by molar-refractivity contribution is 5.75. The molecule has 0 aliphatic carbocycles. The van der Waals surface area contributed by atoms with Gasteiger partial charge in [0.1, 0.15) is 12.7 Å². The molecule has 0 amide bonds. The van der Waals surface area contributed by atoms with Crippen LogP contribution in [0.5, 0.6) is 0 Å². The van der Waals surface area contributed by atoms with Crippen LogP contribution in [0.1, 0.15) is 206 Å². The minimum absolute atomic E-state index is 0.0998. The van der Waals surface area contributed by atoms with Gasteiger partial charge in [0, 0.05) is 25.9 Å². The van der Waals surface area contributed by atoms with Gasteiger partial charge in [0.05, 0.1) is 0 Å². The predicted octanol–water partition coefficient (Wildman–Crippen LogP) is 10.0. The van der Waals surface area contributed by atoms with Crippen LogP contribution in [0.3, 0.4) is 0 Å². The van der Waals surface area contributed by atoms with Crippen molar-refractivity contribution in [1.82, 2.24) is 5.32 Å². The number of carbonyl (C=O) groups excluding carboxylic acids is 2. The van der Waals surface area contributed by atoms with Crippen LogP contribution >= 0.6 is 0 Å². The lowest BCUT2D eigenvalue weighted by Gasteiger charge is -2.19. The molecule has 8 nitrogen and oxygen atoms in total. The number of hydrogen-bond acceptors (Lipinski definition) is 6. The van der Waals surface area contributed by atoms with E-state index in [-0.39, 0.29) is 24.5 Å². The van der Waals surface area contributed by atoms with E-state index < -0.39 is 6.10 Å². The van der Waals surface area contributed by atoms with E-state index in [1.54, 1.807) is 0 Å². The van der Waals surface area contributed by atoms with Crippen LogP contribution in [0, 0.1) is 0 Å². The second kappa shape index (κ2) is 38.0. The normalized spacial score (nSPS) is 11.8. The standard InChI is InChI=1S/C40H80N4O4/c1-3-5-7-9-11-13-15-17-19-21-23-25-27-31-38(45)47-36-37(35-43-33-29-30-34-44-40(41)42)48-39(46)32-28-26-24-22-20-18-16-14-12-10-8-6-4-2/h37,43H,3-36H2,1-2H3,(H4,41,42,44). The number of nitrogens with zero attached hydrogens (tertiary/aromatic N) is 1. The van der Waals surface area contributed by atoms with Crippen molar-refractivity contribution in [3.05, 3.63) is 0 Å². The van der Waals surface area contributed by atoms with Crippen molar-refractivity contribution >= 4 is 17.9 Å². The zero-order chi connectivity index (χ0) is 35.2. The van der Waals surface area contributed by atoms with Gasteiger partial charge in [0.15, 0.2) is 5.96 Å². The van der Waals surface area contributed by atoms with Gasteiger partial charge in [-0.05, 0) is 32.2 Å². The van der Waals surface area contributed by atoms with E-state index in [0.717, 1.165) is 45.1 Å². The topological polar surface area (TPSA) is 129 Å². The molecule has 1 unspecified atom stereocenters. The van der Waals surface area contributed by atoms with Crippen molar-refractivity contribution in [1.29, 1.82) is 0 Å². The highest BCUT2D eigenvalue weighted by Gasteiger charge is 2.17. The number of aliphatic imine (C=N–C) groups is 1. The van der Waals surface area contributed by atoms with Gasteiger partial charge in [-0.2, -0.15) is 0 Å². The Kier molecular flexibility index (Phi) is 36.5. The molecule has 284 valence electrons. The van der Waals surface area contributed by atoms with Crippen molar-refractivity contribution < 1.29 is 19.1 Å². The number of nitrogens with two attached hydrogens (primary N) is 2. The van der Waals surface area contributed by atoms with Gasteiger partial charge in [0.25, 0.3) is 0 Å². The number of guanidine groups is 1. The second-order valence-corrected chi connectivity index (χ2v) is 14.0. The molecule has 48 heavy (non-hydrogen) atoms. The average molecular weight is 681 g/mol. The van der Waals surface area contributed by atoms with Crippen LogP contribution in [0.15, 0.2) is 4.99 Å². The third kappa shape index (κ3) is 37.0. The molecule has 0 spiro atoms. The van der Waals surface area contributed by atoms with Crippen molar-refractivity contribution in [3.63, 3.8) is 0 Å². The average Bonchev–Trinajstić information content (AvgIpc) is 3.07. The molecule has 8 heteroatoms. The van der Waals surface area contributed by atoms with Gasteiger partial charge < -0.3 is 26.3 Å². The molecule has 0 heterocycles. The van der Waals surface area contributed by atoms with Crippen molar-refractivity contribution in [2.45, 2.75) is 213 Å². The lowest BCUT2D eigenvalue weighted by molar-refractivity contribution is -0.159. The maximum absolute atomic E-state index is 12.6. The summed E-state index contributed by atoms with van der Waals surface area (Å²) in [4.78, 5) is 29.1. The second-order valence-electron chi connectivity index (χ2n) is 14.0. The first kappa shape index (κ1) is 46.2. The molecule has 0 saturated carbocycles. The molecular formula is C40H80N4O4. The molecule has 0 aromatic rings. The smallest absolute Gasteiger partial charge is 0.306 e. The van der Waals surface area contributed by atoms with E-state index in [4.69, 9.17) is 20.9 Å². The third-order valence-corrected chi connectivity index (χ3v) is 9.13. The van der Waals surface area contributed by atoms with Crippen LogP contribution in [-0.2, 0) is 19.1 Å². The number of unbranched alkanes of at least 4 members (excludes halogenated alkanes) is 25. The zero-order valence-electron chi connectivity index (χ0n) is 31.9. The molecule has 0 aliphatic heterocycles. The Morgan fingerprint density at radius 2 is 0.938 bits per heavy atom. The summed E-state index contributed by atoms with van der Waals surface area (Å²) in [6, 6.07) is 0. The Labute approximate surface area is 297 Å². The number of esters is 2. The molecule has 0 saturated heterocycles. The summed E-state index contributed by atoms with van der Waals surface area (Å²) >= 11 is 0. The van der Waals surface area contributed by atoms with Crippen molar-refractivity contribution in [3.8, 4) is 0 Å². The van der Waals surface area contributed by atoms with Crippen LogP contribution in [0.25, 0.3) is 0 Å². The first-order valence-electron chi connectivity index (χ1n) is 20.6. The van der Waals surface area contributed by atoms with Crippen molar-refractivity contribution in [2.75, 3.05) is 26.2 Å². The Morgan fingerprint density at radius 1 is 0.542 bits per heavy atom. The third-order valence-electron chi connectivity index (χ3n) is 9.13. The fourth-order valence-corrected chi connectivity index (χ4v) is 6.04. The maximum Gasteiger partial charge on any atom is 0.306 e. The summed E-state index contributed by atoms with van der Waals surface area (Å²) in [7, 11) is 0. The fourth-order valence-electron chi connectivity index (χ4n) is 6.04. The van der Waals surface area contributed by atoms with E-state index in [1.165, 1.54) is 141 Å². The molecule has 0 aromatic heterocycles. The van der Waals surface area contributed by atoms with E-state index in [0.29, 0.717) is 25.9 Å². The minimum atomic E-state index is -0.479. The summed E-state index contributed by atoms with van der Waals surface area (Å²) < 4.78 is 11.3. The molecule has 0 bridgehead atoms. The maximum atomic E-state index is 12.6. The highest BCUT2D eigenvalue weighted by Crippen LogP contribution is 2.15. The van der Waals surface area contributed by atoms with Gasteiger partial charge in [-0.3, -0.25) is 14.6 Å². The molecule has 5 N–H and O–H groups in total. The van der Waals surface area contributed by atoms with Gasteiger partial charge in [0.2, 0.25) is 0 Å². The van der Waals surface area contributed by atoms with Gasteiger partial charge in [-0.25, -0.2) is 0 Å². The molecule has 0 radical (unpaired) electrons. The van der Waals surface area contributed by atoms with Crippen molar-refractivity contribution in [2.24, 2.45) is 16.5 Å². The zero-order valence-corrected chi connectivity index (χ0v) is 31.9. The van der Waals surface area contributed by atoms with E-state index in [9.17, 15) is 9.59 Å². The van der Waals surface area contributed by atoms with Crippen LogP contribution in [0.4, 0.5) is 0 Å². The summed E-state index contributed by atoms with van der Waals surface area (Å²) in [5.74, 6) is -0.294. The van der Waals surface area contributed by atoms with Crippen LogP contribution < -0.4 is 16.8 Å². The first-order valence-corrected chi connectivity index (χ1v) is 20.6. The summed E-state index contributed by atoms with van der Waals surface area (Å²) in [5.41, 5.74) is 10.8. The van der Waals surface area contributed by atoms with E-state index >= 15 is 0 Å². The Morgan fingerprint density at radius 3 is 1.35 bits per heavy atom. The number of hydrogen-bond donors (Lipinski definition) is 3. The summed E-state index contributed by atoms with van der Waals surface area (Å²) in [6.07, 6.45) is 35.2. The molecule has 0 aromatic carbocycles. The van der Waals surface area contributed by atoms with Gasteiger partial charge in [-0.15, -0.1) is 0 Å². The number of ether oxygens (including phenoxy) is 2.